The molecule has 10 heteroatoms. The van der Waals surface area contributed by atoms with Crippen molar-refractivity contribution in [2.45, 2.75) is 44.7 Å². The number of amides is 2. The van der Waals surface area contributed by atoms with Crippen molar-refractivity contribution in [2.24, 2.45) is 5.92 Å². The average Bonchev–Trinajstić information content (AvgIpc) is 3.05. The number of hydrogen-bond acceptors (Lipinski definition) is 8. The third kappa shape index (κ3) is 5.39. The summed E-state index contributed by atoms with van der Waals surface area (Å²) >= 11 is 0.886. The molecule has 0 unspecified atom stereocenters. The number of H-pyrrole nitrogens is 1. The van der Waals surface area contributed by atoms with Crippen molar-refractivity contribution >= 4 is 29.0 Å². The Bertz CT molecular complexity index is 1010. The van der Waals surface area contributed by atoms with Crippen LogP contribution in [0, 0.1) is 5.92 Å². The van der Waals surface area contributed by atoms with E-state index in [1.165, 1.54) is 6.07 Å². The van der Waals surface area contributed by atoms with Gasteiger partial charge in [0, 0.05) is 31.3 Å². The maximum absolute atomic E-state index is 11.7. The summed E-state index contributed by atoms with van der Waals surface area (Å²) in [6.45, 7) is 0.639. The number of nitrogens with one attached hydrogen (secondary N) is 3. The predicted octanol–water partition coefficient (Wildman–Crippen LogP) is 1.77. The Morgan fingerprint density at radius 2 is 1.97 bits per heavy atom. The number of aromatic amines is 1. The first-order chi connectivity index (χ1) is 14.5. The zero-order valence-corrected chi connectivity index (χ0v) is 17.1. The van der Waals surface area contributed by atoms with Gasteiger partial charge >= 0.3 is 0 Å². The molecule has 0 atom stereocenters. The molecular formula is C20H22N6O3S. The van der Waals surface area contributed by atoms with Gasteiger partial charge in [-0.1, -0.05) is 0 Å². The minimum atomic E-state index is -0.381. The fraction of sp³-hybridized carbons (Fsp3) is 0.400. The highest BCUT2D eigenvalue weighted by Crippen LogP contribution is 2.28. The van der Waals surface area contributed by atoms with Crippen molar-refractivity contribution in [3.05, 3.63) is 56.9 Å². The van der Waals surface area contributed by atoms with Gasteiger partial charge in [0.2, 0.25) is 0 Å². The van der Waals surface area contributed by atoms with Crippen LogP contribution in [0.3, 0.4) is 0 Å². The molecule has 30 heavy (non-hydrogen) atoms. The first-order valence-electron chi connectivity index (χ1n) is 9.90. The van der Waals surface area contributed by atoms with Gasteiger partial charge in [0.25, 0.3) is 16.7 Å². The highest BCUT2D eigenvalue weighted by Gasteiger charge is 2.25. The summed E-state index contributed by atoms with van der Waals surface area (Å²) in [5.41, 5.74) is 1.27. The lowest BCUT2D eigenvalue weighted by molar-refractivity contribution is -0.115. The summed E-state index contributed by atoms with van der Waals surface area (Å²) in [5, 5.41) is 11.9. The highest BCUT2D eigenvalue weighted by atomic mass is 32.2. The zero-order chi connectivity index (χ0) is 20.9. The van der Waals surface area contributed by atoms with Crippen LogP contribution in [-0.2, 0) is 17.8 Å². The van der Waals surface area contributed by atoms with Gasteiger partial charge in [0.15, 0.2) is 0 Å². The van der Waals surface area contributed by atoms with E-state index in [4.69, 9.17) is 0 Å². The monoisotopic (exact) mass is 426 g/mol. The van der Waals surface area contributed by atoms with E-state index in [0.717, 1.165) is 55.4 Å². The van der Waals surface area contributed by atoms with Gasteiger partial charge in [-0.2, -0.15) is 5.10 Å². The molecule has 156 valence electrons. The van der Waals surface area contributed by atoms with Crippen LogP contribution >= 0.6 is 11.8 Å². The quantitative estimate of drug-likeness (QED) is 0.596. The number of carbonyl (C=O) groups is 2. The second-order valence-corrected chi connectivity index (χ2v) is 8.48. The molecule has 0 spiro atoms. The maximum Gasteiger partial charge on any atom is 0.290 e. The Balaban J connectivity index is 1.27. The van der Waals surface area contributed by atoms with E-state index in [1.54, 1.807) is 24.4 Å². The van der Waals surface area contributed by atoms with E-state index in [9.17, 15) is 14.4 Å². The predicted molar refractivity (Wildman–Crippen MR) is 112 cm³/mol. The molecule has 2 fully saturated rings. The highest BCUT2D eigenvalue weighted by molar-refractivity contribution is 8.18. The smallest absolute Gasteiger partial charge is 0.290 e. The van der Waals surface area contributed by atoms with Crippen LogP contribution in [-0.4, -0.2) is 37.4 Å². The molecule has 1 saturated heterocycles. The van der Waals surface area contributed by atoms with Gasteiger partial charge < -0.3 is 5.32 Å². The average molecular weight is 427 g/mol. The number of rotatable bonds is 6. The lowest BCUT2D eigenvalue weighted by Crippen LogP contribution is -2.33. The van der Waals surface area contributed by atoms with Crippen LogP contribution in [0.1, 0.15) is 42.9 Å². The van der Waals surface area contributed by atoms with Gasteiger partial charge in [-0.15, -0.1) is 0 Å². The van der Waals surface area contributed by atoms with E-state index in [0.29, 0.717) is 29.1 Å². The van der Waals surface area contributed by atoms with Gasteiger partial charge in [-0.05, 0) is 61.6 Å². The van der Waals surface area contributed by atoms with Crippen LogP contribution in [0.25, 0.3) is 6.08 Å². The van der Waals surface area contributed by atoms with Crippen LogP contribution in [0.4, 0.5) is 4.79 Å². The molecule has 9 nitrogen and oxygen atoms in total. The van der Waals surface area contributed by atoms with Crippen molar-refractivity contribution in [2.75, 3.05) is 0 Å². The fourth-order valence-corrected chi connectivity index (χ4v) is 4.37. The van der Waals surface area contributed by atoms with Gasteiger partial charge in [-0.3, -0.25) is 19.7 Å². The number of hydrogen-bond donors (Lipinski definition) is 3. The molecule has 0 bridgehead atoms. The number of aromatic nitrogens is 4. The minimum absolute atomic E-state index is 0.194. The van der Waals surface area contributed by atoms with E-state index in [2.05, 4.69) is 30.8 Å². The molecule has 2 aromatic heterocycles. The lowest BCUT2D eigenvalue weighted by atomic mass is 9.84. The van der Waals surface area contributed by atoms with Crippen LogP contribution in [0.2, 0.25) is 0 Å². The molecule has 0 aromatic carbocycles. The summed E-state index contributed by atoms with van der Waals surface area (Å²) in [6.07, 6.45) is 8.41. The van der Waals surface area contributed by atoms with Gasteiger partial charge in [0.1, 0.15) is 5.82 Å². The molecular weight excluding hydrogens is 404 g/mol. The number of thioether (sulfide) groups is 1. The Labute approximate surface area is 177 Å². The molecule has 2 amide bonds. The summed E-state index contributed by atoms with van der Waals surface area (Å²) < 4.78 is 0. The largest absolute Gasteiger partial charge is 0.308 e. The van der Waals surface area contributed by atoms with Crippen molar-refractivity contribution in [3.63, 3.8) is 0 Å². The molecule has 3 N–H and O–H groups in total. The van der Waals surface area contributed by atoms with Crippen LogP contribution < -0.4 is 16.2 Å². The first-order valence-corrected chi connectivity index (χ1v) is 10.7. The van der Waals surface area contributed by atoms with E-state index >= 15 is 0 Å². The third-order valence-corrected chi connectivity index (χ3v) is 6.09. The minimum Gasteiger partial charge on any atom is -0.308 e. The third-order valence-electron chi connectivity index (χ3n) is 5.27. The number of nitrogens with zero attached hydrogens (tertiary/aromatic N) is 3. The Morgan fingerprint density at radius 1 is 1.13 bits per heavy atom. The normalized spacial score (nSPS) is 23.0. The summed E-state index contributed by atoms with van der Waals surface area (Å²) in [4.78, 5) is 43.3. The van der Waals surface area contributed by atoms with Crippen molar-refractivity contribution in [1.82, 2.24) is 30.8 Å². The first kappa shape index (κ1) is 20.4. The van der Waals surface area contributed by atoms with Crippen molar-refractivity contribution in [3.8, 4) is 0 Å². The Kier molecular flexibility index (Phi) is 6.34. The molecule has 1 saturated carbocycles. The topological polar surface area (TPSA) is 130 Å². The molecule has 0 radical (unpaired) electrons. The Hall–Kier alpha value is -2.85. The van der Waals surface area contributed by atoms with Gasteiger partial charge in [0.05, 0.1) is 16.3 Å². The van der Waals surface area contributed by atoms with E-state index in [1.807, 2.05) is 0 Å². The summed E-state index contributed by atoms with van der Waals surface area (Å²) in [6, 6.07) is 5.39. The number of imide groups is 1. The lowest BCUT2D eigenvalue weighted by Gasteiger charge is -2.28. The fourth-order valence-electron chi connectivity index (χ4n) is 3.70. The Morgan fingerprint density at radius 3 is 2.67 bits per heavy atom. The maximum atomic E-state index is 11.7. The molecule has 3 heterocycles. The second-order valence-electron chi connectivity index (χ2n) is 7.47. The van der Waals surface area contributed by atoms with E-state index < -0.39 is 0 Å². The standard InChI is InChI=1S/C20H22N6O3S/c27-18-6-5-15(25-26-18)11-22-13-3-1-12(2-4-13)9-17-21-8-7-14(23-17)10-16-19(28)24-20(29)30-16/h5-8,10,12-13,22H,1-4,9,11H2,(H,26,27)(H,24,28,29)/b16-10-. The van der Waals surface area contributed by atoms with Gasteiger partial charge in [-0.25, -0.2) is 15.1 Å². The van der Waals surface area contributed by atoms with Crippen LogP contribution in [0.5, 0.6) is 0 Å². The summed E-state index contributed by atoms with van der Waals surface area (Å²) in [5.74, 6) is 0.892. The molecule has 2 aromatic rings. The molecule has 2 aliphatic rings. The number of carbonyl (C=O) groups excluding carboxylic acids is 2. The second kappa shape index (κ2) is 9.31. The zero-order valence-electron chi connectivity index (χ0n) is 16.3. The molecule has 4 rings (SSSR count). The SMILES string of the molecule is O=C1NC(=O)/C(=C/c2ccnc(CC3CCC(NCc4ccc(=O)[nH]n4)CC3)n2)S1. The molecule has 1 aliphatic heterocycles. The summed E-state index contributed by atoms with van der Waals surface area (Å²) in [7, 11) is 0. The molecule has 1 aliphatic carbocycles. The van der Waals surface area contributed by atoms with Crippen molar-refractivity contribution in [1.29, 1.82) is 0 Å². The van der Waals surface area contributed by atoms with Crippen molar-refractivity contribution < 1.29 is 9.59 Å². The van der Waals surface area contributed by atoms with E-state index in [-0.39, 0.29) is 16.7 Å². The van der Waals surface area contributed by atoms with Crippen LogP contribution in [0.15, 0.2) is 34.1 Å².